The van der Waals surface area contributed by atoms with Crippen molar-refractivity contribution in [3.63, 3.8) is 0 Å². The van der Waals surface area contributed by atoms with E-state index in [9.17, 15) is 58.2 Å². The molecule has 0 aromatic carbocycles. The van der Waals surface area contributed by atoms with Crippen molar-refractivity contribution < 1.29 is 58.2 Å². The normalized spacial score (nSPS) is 44.2. The van der Waals surface area contributed by atoms with E-state index in [0.717, 1.165) is 165 Å². The van der Waals surface area contributed by atoms with E-state index in [2.05, 4.69) is 218 Å². The van der Waals surface area contributed by atoms with E-state index in [1.807, 2.05) is 58.9 Å². The number of nitrogens with one attached hydrogen (secondary N) is 1. The number of hydrogen-bond acceptors (Lipinski definition) is 12. The zero-order valence-corrected chi connectivity index (χ0v) is 93.3. The Labute approximate surface area is 845 Å². The number of ketones is 4. The van der Waals surface area contributed by atoms with Crippen LogP contribution in [0.1, 0.15) is 387 Å². The largest absolute Gasteiger partial charge is 0.504 e. The molecule has 0 aliphatic heterocycles. The Morgan fingerprint density at radius 3 is 1.54 bits per heavy atom. The van der Waals surface area contributed by atoms with Crippen LogP contribution in [0.5, 0.6) is 0 Å². The van der Waals surface area contributed by atoms with E-state index in [1.165, 1.54) is 87.3 Å². The first-order valence-corrected chi connectivity index (χ1v) is 56.6. The number of fused-ring (bicyclic) bond motifs is 17. The number of nitrogens with two attached hydrogens (primary N) is 1. The highest BCUT2D eigenvalue weighted by molar-refractivity contribution is 7.99. The van der Waals surface area contributed by atoms with Gasteiger partial charge in [-0.15, -0.1) is 0 Å². The number of nitrogens with zero attached hydrogens (tertiary/aromatic N) is 1. The van der Waals surface area contributed by atoms with Crippen molar-refractivity contribution in [2.75, 3.05) is 19.1 Å². The van der Waals surface area contributed by atoms with Crippen LogP contribution < -0.4 is 11.1 Å². The van der Waals surface area contributed by atoms with Gasteiger partial charge in [-0.05, 0) is 393 Å². The molecule has 17 aliphatic rings. The molecular weight excluding hydrogens is 1760 g/mol. The van der Waals surface area contributed by atoms with Crippen LogP contribution >= 0.6 is 0 Å². The maximum Gasteiger partial charge on any atom is 0.220 e. The Hall–Kier alpha value is -7.59. The summed E-state index contributed by atoms with van der Waals surface area (Å²) in [7, 11) is -0.0662. The molecule has 0 saturated heterocycles. The molecule has 2 unspecified atom stereocenters. The topological polar surface area (TPSA) is 259 Å². The first-order valence-electron chi connectivity index (χ1n) is 54.3. The van der Waals surface area contributed by atoms with Crippen molar-refractivity contribution >= 4 is 56.2 Å². The number of carbonyl (C=O) groups excluding carboxylic acids is 7. The molecular formula is C124H183N3O12S. The van der Waals surface area contributed by atoms with Crippen LogP contribution in [-0.4, -0.2) is 106 Å². The number of primary amides is 1. The zero-order valence-electron chi connectivity index (χ0n) is 92.5. The van der Waals surface area contributed by atoms with Crippen LogP contribution in [0.4, 0.5) is 0 Å². The van der Waals surface area contributed by atoms with Gasteiger partial charge >= 0.3 is 0 Å². The van der Waals surface area contributed by atoms with Gasteiger partial charge in [-0.3, -0.25) is 37.8 Å². The van der Waals surface area contributed by atoms with Crippen molar-refractivity contribution in [2.24, 2.45) is 134 Å². The molecule has 17 aliphatic carbocycles. The number of aliphatic hydroxyl groups excluding tert-OH is 4. The monoisotopic (exact) mass is 1940 g/mol. The van der Waals surface area contributed by atoms with E-state index >= 15 is 0 Å². The highest BCUT2D eigenvalue weighted by Gasteiger charge is 2.71. The standard InChI is InChI=1S/C31H45NO3.C31H47NO3.C31H44O3S.C28H40O2.C3H7NO/c1-10-30(7)26-18-29(6,32(9)21(4)33)15-13-28(26,5)14-16-31(30,8)24-12-11-22-20(3)27(35)25(34)17-23(22)19(24)2;1-8-25(34)32-29(5)17-14-28(4)16-18-30(6)23-11-9-10-21(2)26(35)22(33)12-13-27(23,3)15-19-31(30,7)24(28)20-29;1-20-21-9-10-24-29(4,22(21)17-23(32)26(20)33)14-16-31(6)25-18-27(2,19-35(7,8)34)11-12-28(25,3)13-15-30(24,31)5;1-8-27(6)24-12-11-20-19(4)25(30)23(29)16-22(20)26(24,5)13-14-28(27,7)21-15-17(2)9-10-18(21)3;1-2-3(4)5/h11-12,17,19,26,35H,10,13-16,18H2,1-9H3;9-10,12-13,23-24,35H,8,11,14-20H2,1-7H3,(H,32,34);9-10,17,25,33H,7,11-16,18-19H2,1-6,8H3;11-12,16-18,21,30H,8-10,13-15H2,1-7H3;2H2,1H3,(H2,4,5)/b;10-9+,13-12+,26-21+;;;/t19-,26-,28-,29-,30+,31-;23?,24-,27-,28-,29-,30-,31+;25-,27-,28-,29+,30-,31+,35?;17-,18+,21+,26-,27+,28-;/m1110./s1. The second-order valence-electron chi connectivity index (χ2n) is 53.1. The SMILES string of the molecule is C=S(C)(=O)C[C@]1(C)CC[C@]2(C)CC[C@]3(C)C4=CC=C5C(=CC(=O)C(O)=C5C)[C@]4(C)CC[C@@]3(C)[C@@H]2C1.CCC(=O)N[C@]1(C)CC[C@]2(C)CC[C@]3(C)C4C/C=C/C(C)=C(/O)C(=O)/C=C/[C@]4(C)CC[C@@]3(C)[C@@H]2C1.CCC(N)=O.CC[C@@]1(C)[C@@H]2C[C@](C)(N(C)C(C)=O)CC[C@]2(C)CC[C@]1(C)C1=CC=C2C(=CC(=O)C(O)=C2C)[C@H]1C.CC[C@]1(C)C2=CC=C3C(=CC(=O)C(O)=C3C)[C@]2(C)CC[C@@]1(C)[C@@H]1C[C@@H](C)CC[C@H]1C. The van der Waals surface area contributed by atoms with Crippen molar-refractivity contribution in [1.82, 2.24) is 10.2 Å². The van der Waals surface area contributed by atoms with Crippen LogP contribution in [0.25, 0.3) is 0 Å². The summed E-state index contributed by atoms with van der Waals surface area (Å²) >= 11 is 0. The highest BCUT2D eigenvalue weighted by atomic mass is 32.2. The molecule has 140 heavy (non-hydrogen) atoms. The summed E-state index contributed by atoms with van der Waals surface area (Å²) in [5, 5.41) is 44.5. The summed E-state index contributed by atoms with van der Waals surface area (Å²) in [4.78, 5) is 86.7. The summed E-state index contributed by atoms with van der Waals surface area (Å²) < 4.78 is 12.8. The summed E-state index contributed by atoms with van der Waals surface area (Å²) in [6.07, 6.45) is 60.1. The van der Waals surface area contributed by atoms with Crippen LogP contribution in [0.3, 0.4) is 0 Å². The van der Waals surface area contributed by atoms with E-state index in [1.54, 1.807) is 38.2 Å². The first kappa shape index (κ1) is 110. The minimum absolute atomic E-state index is 0.0264. The molecule has 3 amide bonds. The quantitative estimate of drug-likeness (QED) is 0.112. The second kappa shape index (κ2) is 37.7. The smallest absolute Gasteiger partial charge is 0.220 e. The second-order valence-corrected chi connectivity index (χ2v) is 55.7. The molecule has 0 spiro atoms. The zero-order chi connectivity index (χ0) is 104. The summed E-state index contributed by atoms with van der Waals surface area (Å²) in [6.45, 7) is 66.2. The predicted molar refractivity (Wildman–Crippen MR) is 574 cm³/mol. The van der Waals surface area contributed by atoms with E-state index in [4.69, 9.17) is 0 Å². The molecule has 26 atom stereocenters. The Bertz CT molecular complexity index is 5720. The molecule has 772 valence electrons. The van der Waals surface area contributed by atoms with E-state index in [-0.39, 0.29) is 151 Å². The van der Waals surface area contributed by atoms with Gasteiger partial charge in [-0.1, -0.05) is 237 Å². The Balaban J connectivity index is 0.000000155. The van der Waals surface area contributed by atoms with Gasteiger partial charge in [-0.2, -0.15) is 0 Å². The third-order valence-electron chi connectivity index (χ3n) is 45.2. The average Bonchev–Trinajstić information content (AvgIpc) is 0.676. The fraction of sp³-hybridized carbons (Fsp3) is 0.694. The molecule has 7 N–H and O–H groups in total. The van der Waals surface area contributed by atoms with Gasteiger partial charge in [0, 0.05) is 83.4 Å². The van der Waals surface area contributed by atoms with Gasteiger partial charge in [0.2, 0.25) is 40.9 Å². The molecule has 15 nitrogen and oxygen atoms in total. The third kappa shape index (κ3) is 17.9. The molecule has 0 aromatic rings. The molecule has 10 saturated carbocycles. The van der Waals surface area contributed by atoms with Crippen molar-refractivity contribution in [1.29, 1.82) is 0 Å². The van der Waals surface area contributed by atoms with Crippen LogP contribution in [-0.2, 0) is 43.1 Å². The molecule has 0 aromatic heterocycles. The van der Waals surface area contributed by atoms with Crippen LogP contribution in [0.2, 0.25) is 0 Å². The number of carbonyl (C=O) groups is 7. The summed E-state index contributed by atoms with van der Waals surface area (Å²) in [5.41, 5.74) is 19.3. The maximum absolute atomic E-state index is 12.8. The first-order chi connectivity index (χ1) is 64.6. The van der Waals surface area contributed by atoms with E-state index < -0.39 is 9.52 Å². The third-order valence-corrected chi connectivity index (χ3v) is 46.5. The fourth-order valence-electron chi connectivity index (χ4n) is 34.3. The average molecular weight is 1940 g/mol. The Morgan fingerprint density at radius 1 is 0.507 bits per heavy atom. The van der Waals surface area contributed by atoms with Crippen molar-refractivity contribution in [2.45, 2.75) is 398 Å². The van der Waals surface area contributed by atoms with Crippen molar-refractivity contribution in [3.8, 4) is 0 Å². The van der Waals surface area contributed by atoms with Gasteiger partial charge in [0.25, 0.3) is 0 Å². The lowest BCUT2D eigenvalue weighted by molar-refractivity contribution is -0.208. The Kier molecular flexibility index (Phi) is 29.5. The molecule has 17 rings (SSSR count). The fourth-order valence-corrected chi connectivity index (χ4v) is 36.0. The highest BCUT2D eigenvalue weighted by Crippen LogP contribution is 2.79. The molecule has 0 bridgehead atoms. The minimum atomic E-state index is -2.04. The minimum Gasteiger partial charge on any atom is -0.504 e. The van der Waals surface area contributed by atoms with E-state index in [0.29, 0.717) is 64.1 Å². The lowest BCUT2D eigenvalue weighted by Crippen LogP contribution is -2.65. The molecule has 0 radical (unpaired) electrons. The number of aliphatic hydroxyl groups is 4. The Morgan fingerprint density at radius 2 is 0.986 bits per heavy atom. The van der Waals surface area contributed by atoms with Gasteiger partial charge in [0.1, 0.15) is 0 Å². The summed E-state index contributed by atoms with van der Waals surface area (Å²) in [5.74, 6) is 7.74. The van der Waals surface area contributed by atoms with Gasteiger partial charge in [-0.25, -0.2) is 0 Å². The number of amides is 3. The molecule has 16 heteroatoms. The van der Waals surface area contributed by atoms with Gasteiger partial charge < -0.3 is 36.4 Å². The van der Waals surface area contributed by atoms with Crippen LogP contribution in [0.15, 0.2) is 174 Å². The summed E-state index contributed by atoms with van der Waals surface area (Å²) in [6, 6.07) is 0. The number of rotatable bonds is 10. The maximum atomic E-state index is 12.8. The predicted octanol–water partition coefficient (Wildman–Crippen LogP) is 28.6. The molecule has 0 heterocycles. The lowest BCUT2D eigenvalue weighted by atomic mass is 9.34. The van der Waals surface area contributed by atoms with Gasteiger partial charge in [0.05, 0.1) is 0 Å². The molecule has 10 fully saturated rings. The lowest BCUT2D eigenvalue weighted by Gasteiger charge is -2.71. The van der Waals surface area contributed by atoms with Crippen LogP contribution in [0, 0.1) is 129 Å². The van der Waals surface area contributed by atoms with Gasteiger partial charge in [0.15, 0.2) is 23.0 Å². The van der Waals surface area contributed by atoms with Crippen molar-refractivity contribution in [3.05, 3.63) is 174 Å². The number of allylic oxidation sites excluding steroid dienone is 26. The number of hydrogen-bond donors (Lipinski definition) is 6.